The fourth-order valence-corrected chi connectivity index (χ4v) is 3.79. The lowest BCUT2D eigenvalue weighted by molar-refractivity contribution is -0.144. The molecule has 7 nitrogen and oxygen atoms in total. The van der Waals surface area contributed by atoms with Crippen LogP contribution in [0, 0.1) is 0 Å². The molecule has 1 fully saturated rings. The number of nitrogens with zero attached hydrogens (tertiary/aromatic N) is 2. The normalized spacial score (nSPS) is 13.6. The van der Waals surface area contributed by atoms with Crippen LogP contribution in [0.3, 0.4) is 0 Å². The average Bonchev–Trinajstić information content (AvgIpc) is 3.41. The molecule has 1 aromatic heterocycles. The van der Waals surface area contributed by atoms with Crippen LogP contribution in [-0.4, -0.2) is 42.3 Å². The Morgan fingerprint density at radius 2 is 1.86 bits per heavy atom. The van der Waals surface area contributed by atoms with Gasteiger partial charge < -0.3 is 19.4 Å². The summed E-state index contributed by atoms with van der Waals surface area (Å²) in [5.41, 5.74) is 3.23. The summed E-state index contributed by atoms with van der Waals surface area (Å²) in [6.07, 6.45) is 2.43. The van der Waals surface area contributed by atoms with Crippen LogP contribution in [0.15, 0.2) is 58.2 Å². The Morgan fingerprint density at radius 1 is 1.10 bits per heavy atom. The Balaban J connectivity index is 1.20. The number of ether oxygens (including phenoxy) is 1. The van der Waals surface area contributed by atoms with Crippen LogP contribution >= 0.6 is 11.8 Å². The van der Waals surface area contributed by atoms with Gasteiger partial charge in [-0.1, -0.05) is 23.9 Å². The second-order valence-corrected chi connectivity index (χ2v) is 7.61. The van der Waals surface area contributed by atoms with Gasteiger partial charge in [0, 0.05) is 24.5 Å². The molecule has 1 aliphatic heterocycles. The summed E-state index contributed by atoms with van der Waals surface area (Å²) in [7, 11) is 0. The molecule has 4 rings (SSSR count). The summed E-state index contributed by atoms with van der Waals surface area (Å²) in [6, 6.07) is 15.1. The molecule has 2 heterocycles. The number of nitrogens with one attached hydrogen (secondary N) is 1. The number of carbonyl (C=O) groups is 2. The number of benzene rings is 2. The van der Waals surface area contributed by atoms with E-state index in [0.29, 0.717) is 16.5 Å². The van der Waals surface area contributed by atoms with Gasteiger partial charge in [-0.15, -0.1) is 0 Å². The van der Waals surface area contributed by atoms with E-state index in [0.717, 1.165) is 36.1 Å². The number of hydrogen-bond donors (Lipinski definition) is 1. The second-order valence-electron chi connectivity index (χ2n) is 6.69. The Labute approximate surface area is 172 Å². The molecule has 8 heteroatoms. The predicted molar refractivity (Wildman–Crippen MR) is 112 cm³/mol. The van der Waals surface area contributed by atoms with Gasteiger partial charge in [-0.2, -0.15) is 0 Å². The van der Waals surface area contributed by atoms with Crippen LogP contribution in [0.25, 0.3) is 11.1 Å². The Hall–Kier alpha value is -3.00. The van der Waals surface area contributed by atoms with Crippen molar-refractivity contribution in [3.8, 4) is 0 Å². The van der Waals surface area contributed by atoms with Gasteiger partial charge in [0.05, 0.1) is 0 Å². The molecule has 1 aliphatic rings. The van der Waals surface area contributed by atoms with Crippen molar-refractivity contribution in [2.45, 2.75) is 18.1 Å². The first-order chi connectivity index (χ1) is 14.2. The molecule has 1 saturated heterocycles. The second kappa shape index (κ2) is 9.00. The zero-order chi connectivity index (χ0) is 20.1. The monoisotopic (exact) mass is 411 g/mol. The molecule has 150 valence electrons. The molecule has 1 amide bonds. The fourth-order valence-electron chi connectivity index (χ4n) is 3.15. The summed E-state index contributed by atoms with van der Waals surface area (Å²) in [6.45, 7) is 1.81. The quantitative estimate of drug-likeness (QED) is 0.469. The van der Waals surface area contributed by atoms with Gasteiger partial charge in [0.1, 0.15) is 11.3 Å². The zero-order valence-corrected chi connectivity index (χ0v) is 16.6. The number of rotatable bonds is 7. The van der Waals surface area contributed by atoms with E-state index >= 15 is 0 Å². The van der Waals surface area contributed by atoms with Crippen molar-refractivity contribution in [1.82, 2.24) is 4.98 Å². The maximum absolute atomic E-state index is 12.0. The number of fused-ring (bicyclic) bond motifs is 1. The maximum atomic E-state index is 12.0. The highest BCUT2D eigenvalue weighted by molar-refractivity contribution is 7.99. The highest BCUT2D eigenvalue weighted by Crippen LogP contribution is 2.23. The number of hydrogen-bond acceptors (Lipinski definition) is 7. The van der Waals surface area contributed by atoms with E-state index in [-0.39, 0.29) is 18.3 Å². The molecule has 0 bridgehead atoms. The van der Waals surface area contributed by atoms with Gasteiger partial charge in [-0.05, 0) is 49.2 Å². The average molecular weight is 411 g/mol. The van der Waals surface area contributed by atoms with E-state index in [1.807, 2.05) is 48.5 Å². The van der Waals surface area contributed by atoms with Crippen molar-refractivity contribution in [3.63, 3.8) is 0 Å². The molecular formula is C21H21N3O4S. The fraction of sp³-hybridized carbons (Fsp3) is 0.286. The first-order valence-electron chi connectivity index (χ1n) is 9.46. The van der Waals surface area contributed by atoms with Crippen LogP contribution < -0.4 is 10.2 Å². The molecule has 0 unspecified atom stereocenters. The number of thioether (sulfide) groups is 1. The smallest absolute Gasteiger partial charge is 0.316 e. The number of esters is 1. The number of aromatic nitrogens is 1. The molecule has 29 heavy (non-hydrogen) atoms. The standard InChI is InChI=1S/C21H21N3O4S/c25-19(22-15-7-9-16(10-8-15)24-11-3-4-12-24)13-27-20(26)14-29-21-23-17-5-1-2-6-18(17)28-21/h1-2,5-10H,3-4,11-14H2,(H,22,25). The molecule has 0 radical (unpaired) electrons. The summed E-state index contributed by atoms with van der Waals surface area (Å²) < 4.78 is 10.6. The number of oxazole rings is 1. The minimum atomic E-state index is -0.503. The van der Waals surface area contributed by atoms with E-state index in [1.54, 1.807) is 0 Å². The minimum Gasteiger partial charge on any atom is -0.455 e. The van der Waals surface area contributed by atoms with Gasteiger partial charge in [-0.3, -0.25) is 9.59 Å². The first-order valence-corrected chi connectivity index (χ1v) is 10.4. The van der Waals surface area contributed by atoms with Crippen molar-refractivity contribution in [1.29, 1.82) is 0 Å². The van der Waals surface area contributed by atoms with Crippen LogP contribution in [0.4, 0.5) is 11.4 Å². The number of carbonyl (C=O) groups excluding carboxylic acids is 2. The highest BCUT2D eigenvalue weighted by atomic mass is 32.2. The van der Waals surface area contributed by atoms with E-state index in [2.05, 4.69) is 15.2 Å². The lowest BCUT2D eigenvalue weighted by Gasteiger charge is -2.17. The first kappa shape index (κ1) is 19.3. The number of anilines is 2. The molecule has 0 atom stereocenters. The Bertz CT molecular complexity index is 964. The summed E-state index contributed by atoms with van der Waals surface area (Å²) in [5, 5.41) is 3.13. The van der Waals surface area contributed by atoms with E-state index < -0.39 is 5.97 Å². The largest absolute Gasteiger partial charge is 0.455 e. The van der Waals surface area contributed by atoms with Crippen LogP contribution in [0.1, 0.15) is 12.8 Å². The molecule has 0 saturated carbocycles. The van der Waals surface area contributed by atoms with Crippen molar-refractivity contribution < 1.29 is 18.7 Å². The van der Waals surface area contributed by atoms with Gasteiger partial charge >= 0.3 is 5.97 Å². The van der Waals surface area contributed by atoms with Crippen LogP contribution in [0.2, 0.25) is 0 Å². The zero-order valence-electron chi connectivity index (χ0n) is 15.8. The molecule has 0 spiro atoms. The van der Waals surface area contributed by atoms with Gasteiger partial charge in [-0.25, -0.2) is 4.98 Å². The third-order valence-electron chi connectivity index (χ3n) is 4.57. The highest BCUT2D eigenvalue weighted by Gasteiger charge is 2.14. The van der Waals surface area contributed by atoms with E-state index in [9.17, 15) is 9.59 Å². The molecule has 1 N–H and O–H groups in total. The van der Waals surface area contributed by atoms with E-state index in [1.165, 1.54) is 12.8 Å². The summed E-state index contributed by atoms with van der Waals surface area (Å²) in [5.74, 6) is -0.860. The van der Waals surface area contributed by atoms with E-state index in [4.69, 9.17) is 9.15 Å². The van der Waals surface area contributed by atoms with Crippen molar-refractivity contribution >= 4 is 46.1 Å². The summed E-state index contributed by atoms with van der Waals surface area (Å²) >= 11 is 1.13. The van der Waals surface area contributed by atoms with Gasteiger partial charge in [0.2, 0.25) is 0 Å². The third kappa shape index (κ3) is 5.08. The SMILES string of the molecule is O=C(COC(=O)CSc1nc2ccccc2o1)Nc1ccc(N2CCCC2)cc1. The molecule has 3 aromatic rings. The molecule has 0 aliphatic carbocycles. The number of amides is 1. The third-order valence-corrected chi connectivity index (χ3v) is 5.38. The minimum absolute atomic E-state index is 0.0185. The van der Waals surface area contributed by atoms with Crippen molar-refractivity contribution in [2.24, 2.45) is 0 Å². The lowest BCUT2D eigenvalue weighted by atomic mass is 10.2. The van der Waals surface area contributed by atoms with Crippen LogP contribution in [0.5, 0.6) is 0 Å². The molecular weight excluding hydrogens is 390 g/mol. The predicted octanol–water partition coefficient (Wildman–Crippen LogP) is 3.70. The van der Waals surface area contributed by atoms with Crippen LogP contribution in [-0.2, 0) is 14.3 Å². The van der Waals surface area contributed by atoms with Gasteiger partial charge in [0.25, 0.3) is 11.1 Å². The van der Waals surface area contributed by atoms with Gasteiger partial charge in [0.15, 0.2) is 12.2 Å². The topological polar surface area (TPSA) is 84.7 Å². The number of para-hydroxylation sites is 2. The maximum Gasteiger partial charge on any atom is 0.316 e. The van der Waals surface area contributed by atoms with Crippen molar-refractivity contribution in [3.05, 3.63) is 48.5 Å². The lowest BCUT2D eigenvalue weighted by Crippen LogP contribution is -2.22. The Kier molecular flexibility index (Phi) is 6.00. The Morgan fingerprint density at radius 3 is 2.62 bits per heavy atom. The summed E-state index contributed by atoms with van der Waals surface area (Å²) in [4.78, 5) is 30.5. The molecule has 2 aromatic carbocycles. The van der Waals surface area contributed by atoms with Crippen molar-refractivity contribution in [2.75, 3.05) is 35.7 Å².